The Hall–Kier alpha value is -2.25. The number of ether oxygens (including phenoxy) is 1. The largest absolute Gasteiger partial charge is 0.371 e. The predicted octanol–water partition coefficient (Wildman–Crippen LogP) is 0.609. The van der Waals surface area contributed by atoms with Crippen molar-refractivity contribution in [3.05, 3.63) is 48.5 Å². The minimum atomic E-state index is 0.000162. The van der Waals surface area contributed by atoms with Gasteiger partial charge in [0.2, 0.25) is 5.91 Å². The summed E-state index contributed by atoms with van der Waals surface area (Å²) in [4.78, 5) is 14.6. The number of benzene rings is 1. The van der Waals surface area contributed by atoms with Gasteiger partial charge >= 0.3 is 0 Å². The number of carbonyl (C=O) groups excluding carboxylic acids is 1. The van der Waals surface area contributed by atoms with E-state index in [4.69, 9.17) is 4.74 Å². The fraction of sp³-hybridized carbons (Fsp3) is 0.471. The van der Waals surface area contributed by atoms with E-state index in [0.717, 1.165) is 26.1 Å². The van der Waals surface area contributed by atoms with Crippen LogP contribution in [0.3, 0.4) is 0 Å². The van der Waals surface area contributed by atoms with E-state index in [2.05, 4.69) is 32.5 Å². The number of rotatable bonds is 4. The molecule has 2 aliphatic rings. The second kappa shape index (κ2) is 6.70. The third-order valence-electron chi connectivity index (χ3n) is 4.75. The molecule has 1 aromatic heterocycles. The first-order chi connectivity index (χ1) is 11.8. The smallest absolute Gasteiger partial charge is 0.240 e. The Labute approximate surface area is 140 Å². The third kappa shape index (κ3) is 3.32. The molecule has 0 aliphatic carbocycles. The molecule has 2 saturated heterocycles. The number of carbonyl (C=O) groups is 1. The number of aromatic nitrogens is 3. The van der Waals surface area contributed by atoms with Gasteiger partial charge in [-0.1, -0.05) is 30.3 Å². The molecule has 1 amide bonds. The zero-order valence-corrected chi connectivity index (χ0v) is 13.4. The normalized spacial score (nSPS) is 26.9. The predicted molar refractivity (Wildman–Crippen MR) is 87.1 cm³/mol. The minimum Gasteiger partial charge on any atom is -0.371 e. The number of morpholine rings is 1. The van der Waals surface area contributed by atoms with Gasteiger partial charge < -0.3 is 14.6 Å². The first-order valence-electron chi connectivity index (χ1n) is 8.30. The summed E-state index contributed by atoms with van der Waals surface area (Å²) in [5, 5.41) is 10.5. The van der Waals surface area contributed by atoms with Gasteiger partial charge in [-0.05, 0) is 12.0 Å². The van der Waals surface area contributed by atoms with E-state index in [0.29, 0.717) is 6.04 Å². The number of hydrogen-bond donors (Lipinski definition) is 1. The van der Waals surface area contributed by atoms with Crippen molar-refractivity contribution < 1.29 is 9.53 Å². The van der Waals surface area contributed by atoms with Gasteiger partial charge in [0.1, 0.15) is 19.2 Å². The number of nitrogens with zero attached hydrogens (tertiary/aromatic N) is 4. The molecule has 2 fully saturated rings. The van der Waals surface area contributed by atoms with Gasteiger partial charge in [-0.3, -0.25) is 9.69 Å². The molecule has 126 valence electrons. The minimum absolute atomic E-state index is 0.000162. The summed E-state index contributed by atoms with van der Waals surface area (Å²) in [5.74, 6) is 0.000162. The van der Waals surface area contributed by atoms with E-state index in [1.54, 1.807) is 17.2 Å². The van der Waals surface area contributed by atoms with E-state index in [9.17, 15) is 4.79 Å². The van der Waals surface area contributed by atoms with Crippen molar-refractivity contribution in [2.45, 2.75) is 31.2 Å². The summed E-state index contributed by atoms with van der Waals surface area (Å²) in [6.07, 6.45) is 4.16. The Morgan fingerprint density at radius 3 is 2.79 bits per heavy atom. The molecule has 1 aromatic carbocycles. The second-order valence-corrected chi connectivity index (χ2v) is 6.47. The highest BCUT2D eigenvalue weighted by Crippen LogP contribution is 2.30. The van der Waals surface area contributed by atoms with Crippen molar-refractivity contribution >= 4 is 5.91 Å². The number of fused-ring (bicyclic) bond motifs is 1. The number of amides is 1. The summed E-state index contributed by atoms with van der Waals surface area (Å²) >= 11 is 0. The van der Waals surface area contributed by atoms with E-state index in [1.807, 2.05) is 18.2 Å². The zero-order valence-electron chi connectivity index (χ0n) is 13.4. The molecular formula is C17H21N5O2. The summed E-state index contributed by atoms with van der Waals surface area (Å²) in [6, 6.07) is 10.9. The fourth-order valence-corrected chi connectivity index (χ4v) is 3.59. The second-order valence-electron chi connectivity index (χ2n) is 6.47. The van der Waals surface area contributed by atoms with Crippen molar-refractivity contribution in [3.8, 4) is 0 Å². The van der Waals surface area contributed by atoms with Crippen LogP contribution in [-0.2, 0) is 16.1 Å². The topological polar surface area (TPSA) is 72.3 Å². The highest BCUT2D eigenvalue weighted by atomic mass is 16.5. The summed E-state index contributed by atoms with van der Waals surface area (Å²) in [5.41, 5.74) is 1.22. The highest BCUT2D eigenvalue weighted by molar-refractivity contribution is 5.76. The van der Waals surface area contributed by atoms with Crippen LogP contribution < -0.4 is 5.32 Å². The van der Waals surface area contributed by atoms with Gasteiger partial charge in [0.25, 0.3) is 0 Å². The van der Waals surface area contributed by atoms with Gasteiger partial charge in [0, 0.05) is 25.2 Å². The molecule has 0 radical (unpaired) electrons. The fourth-order valence-electron chi connectivity index (χ4n) is 3.59. The first-order valence-corrected chi connectivity index (χ1v) is 8.30. The van der Waals surface area contributed by atoms with E-state index < -0.39 is 0 Å². The quantitative estimate of drug-likeness (QED) is 0.891. The van der Waals surface area contributed by atoms with Crippen molar-refractivity contribution in [3.63, 3.8) is 0 Å². The lowest BCUT2D eigenvalue weighted by molar-refractivity contribution is -0.122. The Balaban J connectivity index is 1.32. The van der Waals surface area contributed by atoms with Gasteiger partial charge in [-0.2, -0.15) is 0 Å². The lowest BCUT2D eigenvalue weighted by atomic mass is 10.1. The van der Waals surface area contributed by atoms with Crippen LogP contribution in [0.5, 0.6) is 0 Å². The summed E-state index contributed by atoms with van der Waals surface area (Å²) in [6.45, 7) is 2.74. The average molecular weight is 327 g/mol. The SMILES string of the molecule is O=C(Cn1cnnc1)N[C@@H]1C[C@H]2CO[C@@H](c3ccccc3)CN2C1. The van der Waals surface area contributed by atoms with Crippen molar-refractivity contribution in [1.82, 2.24) is 25.0 Å². The molecule has 0 spiro atoms. The van der Waals surface area contributed by atoms with Gasteiger partial charge in [0.05, 0.1) is 12.7 Å². The maximum absolute atomic E-state index is 12.1. The number of nitrogens with one attached hydrogen (secondary N) is 1. The van der Waals surface area contributed by atoms with Crippen LogP contribution in [-0.4, -0.2) is 57.4 Å². The van der Waals surface area contributed by atoms with Gasteiger partial charge in [-0.15, -0.1) is 10.2 Å². The van der Waals surface area contributed by atoms with Crippen LogP contribution in [0.15, 0.2) is 43.0 Å². The van der Waals surface area contributed by atoms with Crippen molar-refractivity contribution in [2.24, 2.45) is 0 Å². The lowest BCUT2D eigenvalue weighted by Gasteiger charge is -2.35. The molecule has 4 rings (SSSR count). The van der Waals surface area contributed by atoms with Crippen molar-refractivity contribution in [2.75, 3.05) is 19.7 Å². The zero-order chi connectivity index (χ0) is 16.4. The molecule has 2 aromatic rings. The van der Waals surface area contributed by atoms with Crippen LogP contribution in [0.1, 0.15) is 18.1 Å². The molecule has 24 heavy (non-hydrogen) atoms. The van der Waals surface area contributed by atoms with Crippen LogP contribution in [0.2, 0.25) is 0 Å². The highest BCUT2D eigenvalue weighted by Gasteiger charge is 2.38. The Morgan fingerprint density at radius 2 is 2.00 bits per heavy atom. The van der Waals surface area contributed by atoms with Crippen LogP contribution >= 0.6 is 0 Å². The summed E-state index contributed by atoms with van der Waals surface area (Å²) < 4.78 is 7.71. The molecule has 7 nitrogen and oxygen atoms in total. The van der Waals surface area contributed by atoms with E-state index in [1.165, 1.54) is 5.56 Å². The van der Waals surface area contributed by atoms with Crippen molar-refractivity contribution in [1.29, 1.82) is 0 Å². The standard InChI is InChI=1S/C17H21N5O2/c23-17(9-21-11-18-19-12-21)20-14-6-15-10-24-16(8-22(15)7-14)13-4-2-1-3-5-13/h1-5,11-12,14-16H,6-10H2,(H,20,23)/t14-,15+,16-/m1/s1. The average Bonchev–Trinajstić information content (AvgIpc) is 3.23. The molecule has 0 bridgehead atoms. The van der Waals surface area contributed by atoms with E-state index >= 15 is 0 Å². The molecule has 2 aliphatic heterocycles. The van der Waals surface area contributed by atoms with Gasteiger partial charge in [0.15, 0.2) is 0 Å². The first kappa shape index (κ1) is 15.3. The molecule has 0 saturated carbocycles. The Morgan fingerprint density at radius 1 is 1.21 bits per heavy atom. The van der Waals surface area contributed by atoms with E-state index in [-0.39, 0.29) is 24.6 Å². The molecule has 1 N–H and O–H groups in total. The molecule has 7 heteroatoms. The number of hydrogen-bond acceptors (Lipinski definition) is 5. The molecular weight excluding hydrogens is 306 g/mol. The van der Waals surface area contributed by atoms with Crippen LogP contribution in [0, 0.1) is 0 Å². The molecule has 0 unspecified atom stereocenters. The monoisotopic (exact) mass is 327 g/mol. The lowest BCUT2D eigenvalue weighted by Crippen LogP contribution is -2.43. The maximum atomic E-state index is 12.1. The van der Waals surface area contributed by atoms with Gasteiger partial charge in [-0.25, -0.2) is 0 Å². The Bertz CT molecular complexity index is 676. The van der Waals surface area contributed by atoms with Crippen LogP contribution in [0.4, 0.5) is 0 Å². The molecule has 3 atom stereocenters. The van der Waals surface area contributed by atoms with Crippen LogP contribution in [0.25, 0.3) is 0 Å². The summed E-state index contributed by atoms with van der Waals surface area (Å²) in [7, 11) is 0. The third-order valence-corrected chi connectivity index (χ3v) is 4.75. The Kier molecular flexibility index (Phi) is 4.27. The maximum Gasteiger partial charge on any atom is 0.240 e. The molecule has 3 heterocycles.